The van der Waals surface area contributed by atoms with Crippen molar-refractivity contribution in [1.82, 2.24) is 5.32 Å². The van der Waals surface area contributed by atoms with Gasteiger partial charge in [-0.1, -0.05) is 6.92 Å². The Bertz CT molecular complexity index is 292. The summed E-state index contributed by atoms with van der Waals surface area (Å²) in [5.41, 5.74) is 0.190. The van der Waals surface area contributed by atoms with Crippen LogP contribution in [-0.2, 0) is 9.84 Å². The molecule has 0 aliphatic heterocycles. The minimum atomic E-state index is -2.78. The Hall–Kier alpha value is -0.0900. The lowest BCUT2D eigenvalue weighted by atomic mass is 9.99. The highest BCUT2D eigenvalue weighted by Crippen LogP contribution is 2.39. The van der Waals surface area contributed by atoms with Crippen molar-refractivity contribution in [2.75, 3.05) is 18.1 Å². The lowest BCUT2D eigenvalue weighted by Crippen LogP contribution is -2.42. The summed E-state index contributed by atoms with van der Waals surface area (Å²) in [6.07, 6.45) is 3.35. The quantitative estimate of drug-likeness (QED) is 0.679. The van der Waals surface area contributed by atoms with E-state index in [1.807, 2.05) is 0 Å². The molecule has 1 rings (SSSR count). The minimum Gasteiger partial charge on any atom is -0.311 e. The fourth-order valence-corrected chi connectivity index (χ4v) is 2.67. The summed E-state index contributed by atoms with van der Waals surface area (Å²) in [6.45, 7) is 6.93. The monoisotopic (exact) mass is 233 g/mol. The predicted octanol–water partition coefficient (Wildman–Crippen LogP) is 1.59. The fourth-order valence-electron chi connectivity index (χ4n) is 1.80. The summed E-state index contributed by atoms with van der Waals surface area (Å²) in [7, 11) is -2.78. The first-order chi connectivity index (χ1) is 6.87. The van der Waals surface area contributed by atoms with Crippen LogP contribution in [0.4, 0.5) is 0 Å². The Morgan fingerprint density at radius 2 is 1.93 bits per heavy atom. The van der Waals surface area contributed by atoms with E-state index in [2.05, 4.69) is 19.2 Å². The Morgan fingerprint density at radius 1 is 1.33 bits per heavy atom. The second-order valence-corrected chi connectivity index (χ2v) is 7.49. The average molecular weight is 233 g/mol. The van der Waals surface area contributed by atoms with Gasteiger partial charge in [0.15, 0.2) is 0 Å². The highest BCUT2D eigenvalue weighted by molar-refractivity contribution is 7.91. The zero-order valence-electron chi connectivity index (χ0n) is 10.0. The van der Waals surface area contributed by atoms with Gasteiger partial charge in [-0.3, -0.25) is 0 Å². The van der Waals surface area contributed by atoms with Gasteiger partial charge < -0.3 is 5.32 Å². The molecular formula is C11H23NO2S. The van der Waals surface area contributed by atoms with E-state index in [1.165, 1.54) is 12.8 Å². The molecule has 1 aliphatic rings. The first-order valence-corrected chi connectivity index (χ1v) is 7.65. The third-order valence-corrected chi connectivity index (χ3v) is 5.04. The van der Waals surface area contributed by atoms with Crippen LogP contribution in [0, 0.1) is 5.92 Å². The molecule has 0 amide bonds. The standard InChI is InChI=1S/C11H23NO2S/c1-4-15(13,14)9-5-8-12-11(2,3)10-6-7-10/h10,12H,4-9H2,1-3H3. The summed E-state index contributed by atoms with van der Waals surface area (Å²) < 4.78 is 22.5. The van der Waals surface area contributed by atoms with Gasteiger partial charge in [0.1, 0.15) is 9.84 Å². The van der Waals surface area contributed by atoms with Gasteiger partial charge in [-0.05, 0) is 45.6 Å². The zero-order chi connectivity index (χ0) is 11.5. The summed E-state index contributed by atoms with van der Waals surface area (Å²) in [5.74, 6) is 1.37. The fraction of sp³-hybridized carbons (Fsp3) is 1.00. The molecule has 1 N–H and O–H groups in total. The van der Waals surface area contributed by atoms with Crippen LogP contribution < -0.4 is 5.32 Å². The molecular weight excluding hydrogens is 210 g/mol. The molecule has 0 aromatic carbocycles. The van der Waals surface area contributed by atoms with Crippen molar-refractivity contribution in [2.45, 2.75) is 45.6 Å². The van der Waals surface area contributed by atoms with Crippen LogP contribution in [0.3, 0.4) is 0 Å². The van der Waals surface area contributed by atoms with Gasteiger partial charge in [-0.15, -0.1) is 0 Å². The van der Waals surface area contributed by atoms with Crippen LogP contribution in [0.15, 0.2) is 0 Å². The molecule has 15 heavy (non-hydrogen) atoms. The maximum Gasteiger partial charge on any atom is 0.150 e. The number of sulfone groups is 1. The molecule has 4 heteroatoms. The van der Waals surface area contributed by atoms with Gasteiger partial charge in [-0.25, -0.2) is 8.42 Å². The van der Waals surface area contributed by atoms with Gasteiger partial charge in [0.2, 0.25) is 0 Å². The largest absolute Gasteiger partial charge is 0.311 e. The summed E-state index contributed by atoms with van der Waals surface area (Å²) in [5, 5.41) is 3.45. The molecule has 90 valence electrons. The zero-order valence-corrected chi connectivity index (χ0v) is 10.9. The topological polar surface area (TPSA) is 46.2 Å². The number of nitrogens with one attached hydrogen (secondary N) is 1. The van der Waals surface area contributed by atoms with Crippen molar-refractivity contribution >= 4 is 9.84 Å². The molecule has 0 aromatic heterocycles. The maximum atomic E-state index is 11.2. The van der Waals surface area contributed by atoms with E-state index in [1.54, 1.807) is 6.92 Å². The molecule has 0 bridgehead atoms. The van der Waals surface area contributed by atoms with E-state index in [-0.39, 0.29) is 11.3 Å². The van der Waals surface area contributed by atoms with Crippen molar-refractivity contribution < 1.29 is 8.42 Å². The van der Waals surface area contributed by atoms with Gasteiger partial charge in [0.25, 0.3) is 0 Å². The smallest absolute Gasteiger partial charge is 0.150 e. The van der Waals surface area contributed by atoms with E-state index in [0.29, 0.717) is 5.75 Å². The van der Waals surface area contributed by atoms with Gasteiger partial charge >= 0.3 is 0 Å². The van der Waals surface area contributed by atoms with Crippen LogP contribution in [0.1, 0.15) is 40.0 Å². The summed E-state index contributed by atoms with van der Waals surface area (Å²) >= 11 is 0. The van der Waals surface area contributed by atoms with Crippen molar-refractivity contribution in [3.8, 4) is 0 Å². The molecule has 0 radical (unpaired) electrons. The number of hydrogen-bond acceptors (Lipinski definition) is 3. The first kappa shape index (κ1) is 13.0. The van der Waals surface area contributed by atoms with Crippen molar-refractivity contribution in [3.05, 3.63) is 0 Å². The second-order valence-electron chi connectivity index (χ2n) is 5.01. The van der Waals surface area contributed by atoms with Gasteiger partial charge in [0, 0.05) is 11.3 Å². The van der Waals surface area contributed by atoms with E-state index in [4.69, 9.17) is 0 Å². The Morgan fingerprint density at radius 3 is 2.40 bits per heavy atom. The molecule has 0 spiro atoms. The van der Waals surface area contributed by atoms with Crippen molar-refractivity contribution in [3.63, 3.8) is 0 Å². The summed E-state index contributed by atoms with van der Waals surface area (Å²) in [6, 6.07) is 0. The maximum absolute atomic E-state index is 11.2. The van der Waals surface area contributed by atoms with E-state index < -0.39 is 9.84 Å². The second kappa shape index (κ2) is 4.83. The lowest BCUT2D eigenvalue weighted by Gasteiger charge is -2.26. The highest BCUT2D eigenvalue weighted by Gasteiger charge is 2.36. The SMILES string of the molecule is CCS(=O)(=O)CCCNC(C)(C)C1CC1. The third kappa shape index (κ3) is 4.51. The van der Waals surface area contributed by atoms with Crippen LogP contribution in [0.5, 0.6) is 0 Å². The Kier molecular flexibility index (Phi) is 4.18. The van der Waals surface area contributed by atoms with Gasteiger partial charge in [-0.2, -0.15) is 0 Å². The molecule has 1 fully saturated rings. The van der Waals surface area contributed by atoms with Gasteiger partial charge in [0.05, 0.1) is 5.75 Å². The highest BCUT2D eigenvalue weighted by atomic mass is 32.2. The van der Waals surface area contributed by atoms with Crippen LogP contribution in [0.2, 0.25) is 0 Å². The number of rotatable bonds is 7. The molecule has 3 nitrogen and oxygen atoms in total. The first-order valence-electron chi connectivity index (χ1n) is 5.83. The minimum absolute atomic E-state index is 0.190. The van der Waals surface area contributed by atoms with E-state index in [0.717, 1.165) is 18.9 Å². The molecule has 0 atom stereocenters. The number of hydrogen-bond donors (Lipinski definition) is 1. The van der Waals surface area contributed by atoms with E-state index in [9.17, 15) is 8.42 Å². The lowest BCUT2D eigenvalue weighted by molar-refractivity contribution is 0.343. The third-order valence-electron chi connectivity index (χ3n) is 3.25. The molecule has 0 heterocycles. The van der Waals surface area contributed by atoms with Crippen LogP contribution in [-0.4, -0.2) is 32.0 Å². The molecule has 0 saturated heterocycles. The molecule has 1 aliphatic carbocycles. The molecule has 0 unspecified atom stereocenters. The van der Waals surface area contributed by atoms with Crippen molar-refractivity contribution in [1.29, 1.82) is 0 Å². The molecule has 1 saturated carbocycles. The normalized spacial score (nSPS) is 18.1. The van der Waals surface area contributed by atoms with Crippen LogP contribution in [0.25, 0.3) is 0 Å². The van der Waals surface area contributed by atoms with Crippen LogP contribution >= 0.6 is 0 Å². The van der Waals surface area contributed by atoms with Crippen molar-refractivity contribution in [2.24, 2.45) is 5.92 Å². The average Bonchev–Trinajstić information content (AvgIpc) is 2.96. The predicted molar refractivity (Wildman–Crippen MR) is 63.8 cm³/mol. The molecule has 0 aromatic rings. The Labute approximate surface area is 93.6 Å². The Balaban J connectivity index is 2.16. The van der Waals surface area contributed by atoms with E-state index >= 15 is 0 Å². The summed E-state index contributed by atoms with van der Waals surface area (Å²) in [4.78, 5) is 0.